The van der Waals surface area contributed by atoms with Gasteiger partial charge in [-0.05, 0) is 51.3 Å². The van der Waals surface area contributed by atoms with Gasteiger partial charge in [0.15, 0.2) is 9.84 Å². The van der Waals surface area contributed by atoms with Crippen molar-refractivity contribution in [2.75, 3.05) is 24.2 Å². The molecule has 2 heterocycles. The van der Waals surface area contributed by atoms with Crippen LogP contribution >= 0.6 is 11.3 Å². The molecule has 0 aliphatic carbocycles. The normalized spacial score (nSPS) is 14.2. The lowest BCUT2D eigenvalue weighted by Gasteiger charge is -2.30. The third-order valence-corrected chi connectivity index (χ3v) is 8.42. The molecular formula is C23H30N2O5S2. The van der Waals surface area contributed by atoms with Crippen molar-refractivity contribution in [1.29, 1.82) is 0 Å². The van der Waals surface area contributed by atoms with Crippen LogP contribution in [0.2, 0.25) is 0 Å². The predicted octanol–water partition coefficient (Wildman–Crippen LogP) is 3.88. The zero-order valence-electron chi connectivity index (χ0n) is 18.7. The average Bonchev–Trinajstić information content (AvgIpc) is 3.11. The molecule has 32 heavy (non-hydrogen) atoms. The van der Waals surface area contributed by atoms with E-state index in [1.807, 2.05) is 0 Å². The molecule has 9 heteroatoms. The number of thiophene rings is 1. The van der Waals surface area contributed by atoms with E-state index in [9.17, 15) is 18.0 Å². The molecular weight excluding hydrogens is 448 g/mol. The molecule has 1 amide bonds. The standard InChI is InChI=1S/C23H30N2O5S2/c1-4-30-23(27)21-18-12-13-25(16(2)3)15-19(18)31-22(21)24-20(26)11-8-14-32(28,29)17-9-6-5-7-10-17/h5-7,9-10,16H,4,8,11-15H2,1-3H3,(H,24,26). The summed E-state index contributed by atoms with van der Waals surface area (Å²) in [6.07, 6.45) is 0.975. The minimum atomic E-state index is -3.43. The molecule has 7 nitrogen and oxygen atoms in total. The van der Waals surface area contributed by atoms with E-state index in [4.69, 9.17) is 4.74 Å². The molecule has 0 unspecified atom stereocenters. The molecule has 1 aromatic heterocycles. The molecule has 0 bridgehead atoms. The monoisotopic (exact) mass is 478 g/mol. The van der Waals surface area contributed by atoms with Crippen LogP contribution in [0.1, 0.15) is 54.4 Å². The Balaban J connectivity index is 1.69. The molecule has 0 saturated heterocycles. The number of rotatable bonds is 9. The molecule has 3 rings (SSSR count). The molecule has 0 atom stereocenters. The second-order valence-electron chi connectivity index (χ2n) is 8.03. The molecule has 174 valence electrons. The van der Waals surface area contributed by atoms with Crippen LogP contribution < -0.4 is 5.32 Å². The molecule has 1 N–H and O–H groups in total. The van der Waals surface area contributed by atoms with E-state index in [0.717, 1.165) is 30.0 Å². The molecule has 1 aliphatic rings. The van der Waals surface area contributed by atoms with Gasteiger partial charge < -0.3 is 10.1 Å². The number of carbonyl (C=O) groups is 2. The summed E-state index contributed by atoms with van der Waals surface area (Å²) in [5, 5.41) is 3.34. The van der Waals surface area contributed by atoms with Crippen molar-refractivity contribution in [3.8, 4) is 0 Å². The summed E-state index contributed by atoms with van der Waals surface area (Å²) in [6, 6.07) is 8.61. The van der Waals surface area contributed by atoms with Gasteiger partial charge in [-0.15, -0.1) is 11.3 Å². The maximum atomic E-state index is 12.6. The summed E-state index contributed by atoms with van der Waals surface area (Å²) < 4.78 is 30.1. The molecule has 1 aromatic carbocycles. The average molecular weight is 479 g/mol. The van der Waals surface area contributed by atoms with Crippen molar-refractivity contribution in [3.05, 3.63) is 46.3 Å². The number of ether oxygens (including phenoxy) is 1. The van der Waals surface area contributed by atoms with Crippen LogP contribution in [-0.2, 0) is 32.3 Å². The summed E-state index contributed by atoms with van der Waals surface area (Å²) in [5.41, 5.74) is 1.40. The van der Waals surface area contributed by atoms with Crippen molar-refractivity contribution in [3.63, 3.8) is 0 Å². The summed E-state index contributed by atoms with van der Waals surface area (Å²) in [4.78, 5) is 28.9. The SMILES string of the molecule is CCOC(=O)c1c(NC(=O)CCCS(=O)(=O)c2ccccc2)sc2c1CCN(C(C)C)C2. The van der Waals surface area contributed by atoms with Crippen molar-refractivity contribution < 1.29 is 22.7 Å². The number of benzene rings is 1. The van der Waals surface area contributed by atoms with Gasteiger partial charge in [0.1, 0.15) is 5.00 Å². The second kappa shape index (κ2) is 10.6. The first-order valence-electron chi connectivity index (χ1n) is 10.9. The first-order valence-corrected chi connectivity index (χ1v) is 13.3. The van der Waals surface area contributed by atoms with Gasteiger partial charge in [0.25, 0.3) is 0 Å². The number of hydrogen-bond donors (Lipinski definition) is 1. The Kier molecular flexibility index (Phi) is 8.08. The van der Waals surface area contributed by atoms with E-state index in [2.05, 4.69) is 24.1 Å². The van der Waals surface area contributed by atoms with E-state index in [-0.39, 0.29) is 36.0 Å². The smallest absolute Gasteiger partial charge is 0.341 e. The molecule has 0 radical (unpaired) electrons. The van der Waals surface area contributed by atoms with Gasteiger partial charge in [0.2, 0.25) is 5.91 Å². The Morgan fingerprint density at radius 2 is 1.94 bits per heavy atom. The molecule has 1 aliphatic heterocycles. The minimum absolute atomic E-state index is 0.0506. The fraction of sp³-hybridized carbons (Fsp3) is 0.478. The number of fused-ring (bicyclic) bond motifs is 1. The summed E-state index contributed by atoms with van der Waals surface area (Å²) in [5.74, 6) is -0.845. The quantitative estimate of drug-likeness (QED) is 0.550. The third kappa shape index (κ3) is 5.76. The van der Waals surface area contributed by atoms with Crippen molar-refractivity contribution in [1.82, 2.24) is 4.90 Å². The topological polar surface area (TPSA) is 92.8 Å². The number of sulfone groups is 1. The number of nitrogens with one attached hydrogen (secondary N) is 1. The number of nitrogens with zero attached hydrogens (tertiary/aromatic N) is 1. The van der Waals surface area contributed by atoms with Crippen LogP contribution in [0, 0.1) is 0 Å². The van der Waals surface area contributed by atoms with Gasteiger partial charge >= 0.3 is 5.97 Å². The van der Waals surface area contributed by atoms with Crippen LogP contribution in [-0.4, -0.2) is 50.1 Å². The van der Waals surface area contributed by atoms with Gasteiger partial charge in [-0.2, -0.15) is 0 Å². The molecule has 2 aromatic rings. The highest BCUT2D eigenvalue weighted by atomic mass is 32.2. The first kappa shape index (κ1) is 24.4. The number of hydrogen-bond acceptors (Lipinski definition) is 7. The largest absolute Gasteiger partial charge is 0.462 e. The van der Waals surface area contributed by atoms with Gasteiger partial charge in [-0.1, -0.05) is 18.2 Å². The maximum absolute atomic E-state index is 12.6. The fourth-order valence-corrected chi connectivity index (χ4v) is 6.34. The Morgan fingerprint density at radius 1 is 1.22 bits per heavy atom. The maximum Gasteiger partial charge on any atom is 0.341 e. The van der Waals surface area contributed by atoms with Gasteiger partial charge in [0.05, 0.1) is 22.8 Å². The number of carbonyl (C=O) groups excluding carboxylic acids is 2. The Hall–Kier alpha value is -2.23. The van der Waals surface area contributed by atoms with E-state index in [0.29, 0.717) is 16.6 Å². The fourth-order valence-electron chi connectivity index (χ4n) is 3.73. The first-order chi connectivity index (χ1) is 15.2. The van der Waals surface area contributed by atoms with E-state index >= 15 is 0 Å². The minimum Gasteiger partial charge on any atom is -0.462 e. The predicted molar refractivity (Wildman–Crippen MR) is 126 cm³/mol. The van der Waals surface area contributed by atoms with Crippen LogP contribution in [0.15, 0.2) is 35.2 Å². The highest BCUT2D eigenvalue weighted by Crippen LogP contribution is 2.38. The van der Waals surface area contributed by atoms with Crippen LogP contribution in [0.3, 0.4) is 0 Å². The van der Waals surface area contributed by atoms with Gasteiger partial charge in [-0.3, -0.25) is 9.69 Å². The highest BCUT2D eigenvalue weighted by Gasteiger charge is 2.30. The van der Waals surface area contributed by atoms with Crippen molar-refractivity contribution in [2.45, 2.75) is 57.5 Å². The molecule has 0 spiro atoms. The number of amides is 1. The van der Waals surface area contributed by atoms with E-state index in [1.165, 1.54) is 11.3 Å². The van der Waals surface area contributed by atoms with E-state index in [1.54, 1.807) is 37.3 Å². The van der Waals surface area contributed by atoms with E-state index < -0.39 is 15.8 Å². The lowest BCUT2D eigenvalue weighted by molar-refractivity contribution is -0.116. The van der Waals surface area contributed by atoms with Crippen molar-refractivity contribution >= 4 is 38.1 Å². The highest BCUT2D eigenvalue weighted by molar-refractivity contribution is 7.91. The van der Waals surface area contributed by atoms with Crippen molar-refractivity contribution in [2.24, 2.45) is 0 Å². The van der Waals surface area contributed by atoms with Gasteiger partial charge in [-0.25, -0.2) is 13.2 Å². The lowest BCUT2D eigenvalue weighted by Crippen LogP contribution is -2.35. The second-order valence-corrected chi connectivity index (χ2v) is 11.2. The zero-order valence-corrected chi connectivity index (χ0v) is 20.4. The third-order valence-electron chi connectivity index (χ3n) is 5.47. The van der Waals surface area contributed by atoms with Crippen LogP contribution in [0.5, 0.6) is 0 Å². The Bertz CT molecular complexity index is 1060. The van der Waals surface area contributed by atoms with Crippen LogP contribution in [0.25, 0.3) is 0 Å². The summed E-state index contributed by atoms with van der Waals surface area (Å²) in [6.45, 7) is 7.86. The number of esters is 1. The summed E-state index contributed by atoms with van der Waals surface area (Å²) in [7, 11) is -3.43. The molecule has 0 saturated carbocycles. The Morgan fingerprint density at radius 3 is 2.59 bits per heavy atom. The summed E-state index contributed by atoms with van der Waals surface area (Å²) >= 11 is 1.41. The molecule has 0 fully saturated rings. The van der Waals surface area contributed by atoms with Gasteiger partial charge in [0, 0.05) is 30.4 Å². The number of anilines is 1. The zero-order chi connectivity index (χ0) is 23.3. The van der Waals surface area contributed by atoms with Crippen LogP contribution in [0.4, 0.5) is 5.00 Å². The Labute approximate surface area is 193 Å². The lowest BCUT2D eigenvalue weighted by atomic mass is 10.0.